The molecule has 130 valence electrons. The predicted octanol–water partition coefficient (Wildman–Crippen LogP) is 3.93. The summed E-state index contributed by atoms with van der Waals surface area (Å²) < 4.78 is 5.53. The van der Waals surface area contributed by atoms with Crippen LogP contribution in [0.2, 0.25) is 0 Å². The molecule has 0 fully saturated rings. The number of thiophene rings is 1. The summed E-state index contributed by atoms with van der Waals surface area (Å²) in [6.45, 7) is 0.471. The van der Waals surface area contributed by atoms with Crippen molar-refractivity contribution < 1.29 is 14.3 Å². The maximum Gasteiger partial charge on any atom is 0.265 e. The Morgan fingerprint density at radius 3 is 2.73 bits per heavy atom. The summed E-state index contributed by atoms with van der Waals surface area (Å²) in [5.74, 6) is 0.357. The number of amides is 2. The van der Waals surface area contributed by atoms with Crippen molar-refractivity contribution in [2.75, 3.05) is 16.8 Å². The van der Waals surface area contributed by atoms with Crippen LogP contribution in [0.5, 0.6) is 5.75 Å². The highest BCUT2D eigenvalue weighted by molar-refractivity contribution is 7.12. The normalized spacial score (nSPS) is 13.1. The minimum atomic E-state index is -0.169. The smallest absolute Gasteiger partial charge is 0.265 e. The summed E-state index contributed by atoms with van der Waals surface area (Å²) >= 11 is 1.38. The Balaban J connectivity index is 1.61. The lowest BCUT2D eigenvalue weighted by Gasteiger charge is -2.30. The molecular weight excluding hydrogens is 348 g/mol. The summed E-state index contributed by atoms with van der Waals surface area (Å²) in [7, 11) is 0. The molecule has 1 aromatic heterocycles. The number of nitrogens with one attached hydrogen (secondary N) is 1. The lowest BCUT2D eigenvalue weighted by Crippen LogP contribution is -2.38. The highest BCUT2D eigenvalue weighted by Gasteiger charge is 2.26. The first-order valence-electron chi connectivity index (χ1n) is 8.17. The zero-order valence-electron chi connectivity index (χ0n) is 13.8. The topological polar surface area (TPSA) is 58.6 Å². The molecule has 1 N–H and O–H groups in total. The molecule has 2 heterocycles. The van der Waals surface area contributed by atoms with Crippen LogP contribution in [0.3, 0.4) is 0 Å². The van der Waals surface area contributed by atoms with E-state index >= 15 is 0 Å². The average Bonchev–Trinajstić information content (AvgIpc) is 3.20. The molecule has 5 nitrogen and oxygen atoms in total. The van der Waals surface area contributed by atoms with Crippen molar-refractivity contribution in [3.05, 3.63) is 76.5 Å². The third-order valence-electron chi connectivity index (χ3n) is 4.09. The summed E-state index contributed by atoms with van der Waals surface area (Å²) in [5, 5.41) is 4.73. The van der Waals surface area contributed by atoms with E-state index in [1.165, 1.54) is 11.3 Å². The van der Waals surface area contributed by atoms with Gasteiger partial charge in [-0.25, -0.2) is 0 Å². The Labute approximate surface area is 154 Å². The largest absolute Gasteiger partial charge is 0.482 e. The van der Waals surface area contributed by atoms with Crippen molar-refractivity contribution in [2.45, 2.75) is 6.54 Å². The molecule has 3 aromatic rings. The number of ether oxygens (including phenoxy) is 1. The maximum absolute atomic E-state index is 12.4. The van der Waals surface area contributed by atoms with Crippen LogP contribution < -0.4 is 15.0 Å². The Morgan fingerprint density at radius 2 is 1.96 bits per heavy atom. The van der Waals surface area contributed by atoms with Gasteiger partial charge in [0.25, 0.3) is 11.8 Å². The molecule has 0 aliphatic carbocycles. The molecule has 2 amide bonds. The predicted molar refractivity (Wildman–Crippen MR) is 102 cm³/mol. The first kappa shape index (κ1) is 16.4. The minimum Gasteiger partial charge on any atom is -0.482 e. The third kappa shape index (κ3) is 3.32. The second-order valence-electron chi connectivity index (χ2n) is 5.87. The molecule has 2 aromatic carbocycles. The molecule has 6 heteroatoms. The average molecular weight is 364 g/mol. The van der Waals surface area contributed by atoms with E-state index in [0.29, 0.717) is 28.5 Å². The van der Waals surface area contributed by atoms with E-state index in [4.69, 9.17) is 4.74 Å². The van der Waals surface area contributed by atoms with Crippen LogP contribution >= 0.6 is 11.3 Å². The minimum absolute atomic E-state index is 0.0146. The van der Waals surface area contributed by atoms with Gasteiger partial charge in [-0.2, -0.15) is 0 Å². The van der Waals surface area contributed by atoms with Crippen molar-refractivity contribution in [1.82, 2.24) is 0 Å². The Morgan fingerprint density at radius 1 is 1.12 bits per heavy atom. The van der Waals surface area contributed by atoms with Crippen LogP contribution in [0.25, 0.3) is 0 Å². The summed E-state index contributed by atoms with van der Waals surface area (Å²) in [5.41, 5.74) is 2.31. The van der Waals surface area contributed by atoms with Gasteiger partial charge in [0.2, 0.25) is 0 Å². The molecular formula is C20H16N2O3S. The number of nitrogens with zero attached hydrogens (tertiary/aromatic N) is 1. The van der Waals surface area contributed by atoms with Crippen LogP contribution in [0, 0.1) is 0 Å². The Kier molecular flexibility index (Phi) is 4.41. The number of carbonyl (C=O) groups excluding carboxylic acids is 2. The molecule has 0 radical (unpaired) electrons. The first-order chi connectivity index (χ1) is 12.7. The van der Waals surface area contributed by atoms with Gasteiger partial charge >= 0.3 is 0 Å². The molecule has 0 saturated carbocycles. The van der Waals surface area contributed by atoms with Gasteiger partial charge in [0.05, 0.1) is 17.1 Å². The molecule has 1 aliphatic rings. The second kappa shape index (κ2) is 7.01. The molecule has 0 saturated heterocycles. The summed E-state index contributed by atoms with van der Waals surface area (Å²) in [6.07, 6.45) is 0. The number of hydrogen-bond donors (Lipinski definition) is 1. The van der Waals surface area contributed by atoms with E-state index in [2.05, 4.69) is 5.32 Å². The van der Waals surface area contributed by atoms with Crippen molar-refractivity contribution >= 4 is 34.5 Å². The molecule has 0 spiro atoms. The van der Waals surface area contributed by atoms with Gasteiger partial charge in [-0.1, -0.05) is 36.4 Å². The van der Waals surface area contributed by atoms with Gasteiger partial charge in [0, 0.05) is 5.69 Å². The van der Waals surface area contributed by atoms with Gasteiger partial charge in [-0.3, -0.25) is 9.59 Å². The van der Waals surface area contributed by atoms with Crippen molar-refractivity contribution in [1.29, 1.82) is 0 Å². The SMILES string of the molecule is O=C(Nc1ccc2c(c1)N(Cc1ccccc1)C(=O)CO2)c1cccs1. The zero-order valence-corrected chi connectivity index (χ0v) is 14.7. The molecule has 4 rings (SSSR count). The fourth-order valence-corrected chi connectivity index (χ4v) is 3.44. The van der Waals surface area contributed by atoms with E-state index in [1.54, 1.807) is 29.2 Å². The van der Waals surface area contributed by atoms with Gasteiger partial charge in [-0.15, -0.1) is 11.3 Å². The van der Waals surface area contributed by atoms with E-state index in [1.807, 2.05) is 41.8 Å². The first-order valence-corrected chi connectivity index (χ1v) is 9.05. The van der Waals surface area contributed by atoms with E-state index in [9.17, 15) is 9.59 Å². The van der Waals surface area contributed by atoms with Crippen molar-refractivity contribution in [3.63, 3.8) is 0 Å². The van der Waals surface area contributed by atoms with Gasteiger partial charge in [0.15, 0.2) is 6.61 Å². The highest BCUT2D eigenvalue weighted by Crippen LogP contribution is 2.35. The number of benzene rings is 2. The lowest BCUT2D eigenvalue weighted by molar-refractivity contribution is -0.121. The Bertz CT molecular complexity index is 939. The number of anilines is 2. The molecule has 26 heavy (non-hydrogen) atoms. The van der Waals surface area contributed by atoms with Crippen LogP contribution in [0.4, 0.5) is 11.4 Å². The van der Waals surface area contributed by atoms with Gasteiger partial charge in [-0.05, 0) is 35.2 Å². The molecule has 0 bridgehead atoms. The van der Waals surface area contributed by atoms with Gasteiger partial charge < -0.3 is 15.0 Å². The van der Waals surface area contributed by atoms with Crippen molar-refractivity contribution in [2.24, 2.45) is 0 Å². The number of fused-ring (bicyclic) bond motifs is 1. The second-order valence-corrected chi connectivity index (χ2v) is 6.82. The fourth-order valence-electron chi connectivity index (χ4n) is 2.82. The monoisotopic (exact) mass is 364 g/mol. The Hall–Kier alpha value is -3.12. The molecule has 0 unspecified atom stereocenters. The van der Waals surface area contributed by atoms with Crippen LogP contribution in [-0.4, -0.2) is 18.4 Å². The lowest BCUT2D eigenvalue weighted by atomic mass is 10.1. The van der Waals surface area contributed by atoms with Crippen LogP contribution in [0.1, 0.15) is 15.2 Å². The summed E-state index contributed by atoms with van der Waals surface area (Å²) in [4.78, 5) is 27.0. The standard InChI is InChI=1S/C20H16N2O3S/c23-19-13-25-17-9-8-15(21-20(24)18-7-4-10-26-18)11-16(17)22(19)12-14-5-2-1-3-6-14/h1-11H,12-13H2,(H,21,24). The quantitative estimate of drug-likeness (QED) is 0.763. The van der Waals surface area contributed by atoms with E-state index < -0.39 is 0 Å². The number of hydrogen-bond acceptors (Lipinski definition) is 4. The fraction of sp³-hybridized carbons (Fsp3) is 0.100. The van der Waals surface area contributed by atoms with Crippen LogP contribution in [0.15, 0.2) is 66.0 Å². The van der Waals surface area contributed by atoms with E-state index in [0.717, 1.165) is 5.56 Å². The highest BCUT2D eigenvalue weighted by atomic mass is 32.1. The third-order valence-corrected chi connectivity index (χ3v) is 4.96. The van der Waals surface area contributed by atoms with Gasteiger partial charge in [0.1, 0.15) is 5.75 Å². The number of carbonyl (C=O) groups is 2. The summed E-state index contributed by atoms with van der Waals surface area (Å²) in [6, 6.07) is 18.7. The zero-order chi connectivity index (χ0) is 17.9. The molecule has 1 aliphatic heterocycles. The van der Waals surface area contributed by atoms with Crippen molar-refractivity contribution in [3.8, 4) is 5.75 Å². The van der Waals surface area contributed by atoms with E-state index in [-0.39, 0.29) is 18.4 Å². The maximum atomic E-state index is 12.4. The van der Waals surface area contributed by atoms with Crippen LogP contribution in [-0.2, 0) is 11.3 Å². The molecule has 0 atom stereocenters. The number of rotatable bonds is 4.